The first-order valence-corrected chi connectivity index (χ1v) is 12.4. The zero-order valence-electron chi connectivity index (χ0n) is 20.5. The molecule has 1 aliphatic rings. The summed E-state index contributed by atoms with van der Waals surface area (Å²) < 4.78 is 27.9. The van der Waals surface area contributed by atoms with Crippen LogP contribution < -0.4 is 0 Å². The van der Waals surface area contributed by atoms with Crippen LogP contribution in [0.1, 0.15) is 31.4 Å². The summed E-state index contributed by atoms with van der Waals surface area (Å²) in [5.74, 6) is -1.23. The van der Waals surface area contributed by atoms with Gasteiger partial charge in [0.15, 0.2) is 11.6 Å². The normalized spacial score (nSPS) is 17.8. The van der Waals surface area contributed by atoms with Gasteiger partial charge in [-0.1, -0.05) is 42.5 Å². The van der Waals surface area contributed by atoms with Gasteiger partial charge in [0.2, 0.25) is 0 Å². The van der Waals surface area contributed by atoms with E-state index in [0.717, 1.165) is 36.9 Å². The molecule has 2 N–H and O–H groups in total. The van der Waals surface area contributed by atoms with Gasteiger partial charge in [-0.25, -0.2) is 9.18 Å². The number of halogens is 1. The van der Waals surface area contributed by atoms with Crippen molar-refractivity contribution in [2.45, 2.75) is 38.6 Å². The van der Waals surface area contributed by atoms with Crippen LogP contribution in [0.4, 0.5) is 4.39 Å². The fourth-order valence-corrected chi connectivity index (χ4v) is 5.03. The molecule has 192 valence electrons. The molecule has 2 aromatic carbocycles. The number of rotatable bonds is 11. The molecule has 0 bridgehead atoms. The molecule has 1 heterocycles. The molecule has 0 atom stereocenters. The van der Waals surface area contributed by atoms with Gasteiger partial charge in [0.25, 0.3) is 0 Å². The van der Waals surface area contributed by atoms with E-state index in [4.69, 9.17) is 19.7 Å². The van der Waals surface area contributed by atoms with E-state index in [2.05, 4.69) is 0 Å². The second kappa shape index (κ2) is 12.1. The maximum absolute atomic E-state index is 15.2. The first-order valence-electron chi connectivity index (χ1n) is 12.4. The molecule has 7 nitrogen and oxygen atoms in total. The number of carbonyl (C=O) groups is 1. The van der Waals surface area contributed by atoms with Gasteiger partial charge in [-0.15, -0.1) is 0 Å². The van der Waals surface area contributed by atoms with Crippen molar-refractivity contribution in [1.29, 1.82) is 0 Å². The zero-order valence-corrected chi connectivity index (χ0v) is 20.5. The summed E-state index contributed by atoms with van der Waals surface area (Å²) in [6, 6.07) is 14.4. The first kappa shape index (κ1) is 25.9. The Kier molecular flexibility index (Phi) is 8.72. The topological polar surface area (TPSA) is 93.8 Å². The molecule has 0 spiro atoms. The maximum atomic E-state index is 15.2. The number of hydrogen-bond acceptors (Lipinski definition) is 5. The van der Waals surface area contributed by atoms with Crippen LogP contribution in [0, 0.1) is 17.7 Å². The third kappa shape index (κ3) is 6.12. The Bertz CT molecular complexity index is 1160. The second-order valence-corrected chi connectivity index (χ2v) is 9.40. The average Bonchev–Trinajstić information content (AvgIpc) is 3.23. The Morgan fingerprint density at radius 2 is 1.81 bits per heavy atom. The van der Waals surface area contributed by atoms with Crippen LogP contribution in [0.3, 0.4) is 0 Å². The fraction of sp³-hybridized carbons (Fsp3) is 0.429. The minimum absolute atomic E-state index is 0.257. The van der Waals surface area contributed by atoms with E-state index in [1.807, 2.05) is 35.0 Å². The van der Waals surface area contributed by atoms with Crippen LogP contribution >= 0.6 is 0 Å². The predicted octanol–water partition coefficient (Wildman–Crippen LogP) is 5.16. The van der Waals surface area contributed by atoms with E-state index < -0.39 is 11.8 Å². The van der Waals surface area contributed by atoms with Crippen molar-refractivity contribution in [2.24, 2.45) is 11.8 Å². The summed E-state index contributed by atoms with van der Waals surface area (Å²) in [5.41, 5.74) is 3.45. The minimum atomic E-state index is -0.945. The number of methoxy groups -OCH3 is 1. The smallest absolute Gasteiger partial charge is 0.329 e. The number of ether oxygens (including phenoxy) is 2. The average molecular weight is 497 g/mol. The van der Waals surface area contributed by atoms with Crippen molar-refractivity contribution < 1.29 is 28.9 Å². The van der Waals surface area contributed by atoms with Crippen molar-refractivity contribution in [2.75, 3.05) is 26.9 Å². The number of aromatic hydroxyl groups is 1. The summed E-state index contributed by atoms with van der Waals surface area (Å²) in [5, 5.41) is 23.9. The lowest BCUT2D eigenvalue weighted by Gasteiger charge is -2.28. The standard InChI is InChI=1S/C28H33FN2O5/c1-35-15-14-23-26(22-8-5-9-24(32)27(22)29)28(21-6-3-2-4-7-21)30-31(23)16-19-10-12-20(13-11-19)17-36-18-25(33)34/h2-9,19-20,32H,10-18H2,1H3,(H,33,34)/t19-,20+. The number of benzene rings is 2. The van der Waals surface area contributed by atoms with Crippen LogP contribution in [0.5, 0.6) is 5.75 Å². The number of nitrogens with zero attached hydrogens (tertiary/aromatic N) is 2. The summed E-state index contributed by atoms with van der Waals surface area (Å²) in [4.78, 5) is 10.7. The molecule has 1 aliphatic carbocycles. The molecule has 0 amide bonds. The molecule has 3 aromatic rings. The largest absolute Gasteiger partial charge is 0.505 e. The zero-order chi connectivity index (χ0) is 25.5. The number of phenols is 1. The molecule has 1 aromatic heterocycles. The van der Waals surface area contributed by atoms with Crippen molar-refractivity contribution >= 4 is 5.97 Å². The number of hydrogen-bond donors (Lipinski definition) is 2. The Balaban J connectivity index is 1.64. The lowest BCUT2D eigenvalue weighted by Crippen LogP contribution is -2.24. The maximum Gasteiger partial charge on any atom is 0.329 e. The summed E-state index contributed by atoms with van der Waals surface area (Å²) in [7, 11) is 1.64. The monoisotopic (exact) mass is 496 g/mol. The number of phenolic OH excluding ortho intramolecular Hbond substituents is 1. The van der Waals surface area contributed by atoms with Gasteiger partial charge < -0.3 is 19.7 Å². The molecular weight excluding hydrogens is 463 g/mol. The van der Waals surface area contributed by atoms with Crippen LogP contribution in [0.2, 0.25) is 0 Å². The van der Waals surface area contributed by atoms with Gasteiger partial charge in [0.05, 0.1) is 13.2 Å². The van der Waals surface area contributed by atoms with Crippen molar-refractivity contribution in [1.82, 2.24) is 9.78 Å². The molecule has 36 heavy (non-hydrogen) atoms. The van der Waals surface area contributed by atoms with Crippen molar-refractivity contribution in [3.05, 3.63) is 60.0 Å². The van der Waals surface area contributed by atoms with Crippen LogP contribution in [-0.2, 0) is 27.2 Å². The summed E-state index contributed by atoms with van der Waals surface area (Å²) in [6.45, 7) is 1.37. The van der Waals surface area contributed by atoms with Gasteiger partial charge in [0.1, 0.15) is 12.3 Å². The van der Waals surface area contributed by atoms with Gasteiger partial charge >= 0.3 is 5.97 Å². The van der Waals surface area contributed by atoms with Gasteiger partial charge in [0, 0.05) is 42.5 Å². The van der Waals surface area contributed by atoms with Crippen molar-refractivity contribution in [3.63, 3.8) is 0 Å². The first-order chi connectivity index (χ1) is 17.5. The second-order valence-electron chi connectivity index (χ2n) is 9.40. The van der Waals surface area contributed by atoms with Gasteiger partial charge in [-0.05, 0) is 43.6 Å². The van der Waals surface area contributed by atoms with E-state index in [9.17, 15) is 9.90 Å². The molecule has 0 aliphatic heterocycles. The number of aromatic nitrogens is 2. The highest BCUT2D eigenvalue weighted by Crippen LogP contribution is 2.39. The predicted molar refractivity (Wildman–Crippen MR) is 134 cm³/mol. The highest BCUT2D eigenvalue weighted by molar-refractivity contribution is 5.83. The molecule has 1 fully saturated rings. The number of carboxylic acids is 1. The van der Waals surface area contributed by atoms with Gasteiger partial charge in [-0.2, -0.15) is 5.10 Å². The Morgan fingerprint density at radius 1 is 1.08 bits per heavy atom. The van der Waals surface area contributed by atoms with Crippen LogP contribution in [-0.4, -0.2) is 52.9 Å². The Hall–Kier alpha value is -3.23. The number of carboxylic acid groups (broad SMARTS) is 1. The van der Waals surface area contributed by atoms with E-state index >= 15 is 4.39 Å². The molecule has 0 radical (unpaired) electrons. The molecular formula is C28H33FN2O5. The Morgan fingerprint density at radius 3 is 2.50 bits per heavy atom. The Labute approximate surface area is 210 Å². The molecule has 0 saturated heterocycles. The van der Waals surface area contributed by atoms with Crippen LogP contribution in [0.15, 0.2) is 48.5 Å². The summed E-state index contributed by atoms with van der Waals surface area (Å²) >= 11 is 0. The van der Waals surface area contributed by atoms with Gasteiger partial charge in [-0.3, -0.25) is 4.68 Å². The lowest BCUT2D eigenvalue weighted by atomic mass is 9.82. The highest BCUT2D eigenvalue weighted by Gasteiger charge is 2.27. The minimum Gasteiger partial charge on any atom is -0.505 e. The van der Waals surface area contributed by atoms with Crippen molar-refractivity contribution in [3.8, 4) is 28.1 Å². The molecule has 4 rings (SSSR count). The molecule has 0 unspecified atom stereocenters. The van der Waals surface area contributed by atoms with E-state index in [1.54, 1.807) is 19.2 Å². The van der Waals surface area contributed by atoms with E-state index in [0.29, 0.717) is 54.8 Å². The highest BCUT2D eigenvalue weighted by atomic mass is 19.1. The fourth-order valence-electron chi connectivity index (χ4n) is 5.03. The van der Waals surface area contributed by atoms with E-state index in [1.165, 1.54) is 6.07 Å². The lowest BCUT2D eigenvalue weighted by molar-refractivity contribution is -0.142. The SMILES string of the molecule is COCCc1c(-c2cccc(O)c2F)c(-c2ccccc2)nn1C[C@H]1CC[C@@H](COCC(=O)O)CC1. The summed E-state index contributed by atoms with van der Waals surface area (Å²) in [6.07, 6.45) is 4.47. The third-order valence-corrected chi connectivity index (χ3v) is 6.87. The van der Waals surface area contributed by atoms with Crippen LogP contribution in [0.25, 0.3) is 22.4 Å². The quantitative estimate of drug-likeness (QED) is 0.381. The molecule has 8 heteroatoms. The van der Waals surface area contributed by atoms with E-state index in [-0.39, 0.29) is 12.4 Å². The number of aliphatic carboxylic acids is 1. The molecule has 1 saturated carbocycles. The third-order valence-electron chi connectivity index (χ3n) is 6.87.